The predicted octanol–water partition coefficient (Wildman–Crippen LogP) is 3.66. The summed E-state index contributed by atoms with van der Waals surface area (Å²) in [6.07, 6.45) is 1.81. The highest BCUT2D eigenvalue weighted by Gasteiger charge is 2.02. The predicted molar refractivity (Wildman–Crippen MR) is 60.0 cm³/mol. The summed E-state index contributed by atoms with van der Waals surface area (Å²) >= 11 is 7.54. The lowest BCUT2D eigenvalue weighted by atomic mass is 10.4. The molecular weight excluding hydrogens is 337 g/mol. The summed E-state index contributed by atoms with van der Waals surface area (Å²) in [6, 6.07) is 4.06. The maximum Gasteiger partial charge on any atom is 0.0832 e. The van der Waals surface area contributed by atoms with Crippen molar-refractivity contribution >= 4 is 60.1 Å². The van der Waals surface area contributed by atoms with E-state index in [-0.39, 0.29) is 0 Å². The van der Waals surface area contributed by atoms with Crippen molar-refractivity contribution in [3.05, 3.63) is 25.7 Å². The molecule has 0 aromatic carbocycles. The standard InChI is InChI=1S/C7H3BrINS/c8-4-1-2-10-5-3-6(9)11-7(4)5/h1-3H. The van der Waals surface area contributed by atoms with E-state index in [4.69, 9.17) is 0 Å². The minimum atomic E-state index is 1.08. The normalized spacial score (nSPS) is 10.7. The second kappa shape index (κ2) is 2.99. The fraction of sp³-hybridized carbons (Fsp3) is 0. The highest BCUT2D eigenvalue weighted by molar-refractivity contribution is 14.1. The minimum Gasteiger partial charge on any atom is -0.255 e. The monoisotopic (exact) mass is 339 g/mol. The molecule has 0 amide bonds. The van der Waals surface area contributed by atoms with Gasteiger partial charge in [-0.3, -0.25) is 4.98 Å². The highest BCUT2D eigenvalue weighted by Crippen LogP contribution is 2.30. The second-order valence-electron chi connectivity index (χ2n) is 2.06. The Morgan fingerprint density at radius 3 is 3.09 bits per heavy atom. The van der Waals surface area contributed by atoms with Crippen LogP contribution in [0.1, 0.15) is 0 Å². The highest BCUT2D eigenvalue weighted by atomic mass is 127. The topological polar surface area (TPSA) is 12.9 Å². The van der Waals surface area contributed by atoms with Crippen LogP contribution in [0.4, 0.5) is 0 Å². The van der Waals surface area contributed by atoms with Gasteiger partial charge in [-0.1, -0.05) is 0 Å². The van der Waals surface area contributed by atoms with Crippen LogP contribution >= 0.6 is 49.9 Å². The molecule has 0 spiro atoms. The van der Waals surface area contributed by atoms with Gasteiger partial charge in [0, 0.05) is 10.7 Å². The second-order valence-corrected chi connectivity index (χ2v) is 5.86. The number of hydrogen-bond acceptors (Lipinski definition) is 2. The van der Waals surface area contributed by atoms with E-state index in [0.717, 1.165) is 9.99 Å². The van der Waals surface area contributed by atoms with Crippen LogP contribution in [0.5, 0.6) is 0 Å². The molecule has 2 aromatic heterocycles. The van der Waals surface area contributed by atoms with Gasteiger partial charge in [-0.15, -0.1) is 11.3 Å². The number of halogens is 2. The van der Waals surface area contributed by atoms with Crippen molar-refractivity contribution in [2.24, 2.45) is 0 Å². The lowest BCUT2D eigenvalue weighted by Crippen LogP contribution is -1.70. The number of fused-ring (bicyclic) bond motifs is 1. The number of thiophene rings is 1. The molecule has 0 fully saturated rings. The van der Waals surface area contributed by atoms with E-state index in [0.29, 0.717) is 0 Å². The van der Waals surface area contributed by atoms with E-state index in [1.54, 1.807) is 11.3 Å². The Morgan fingerprint density at radius 1 is 1.55 bits per heavy atom. The molecule has 0 unspecified atom stereocenters. The van der Waals surface area contributed by atoms with Crippen LogP contribution in [0.3, 0.4) is 0 Å². The largest absolute Gasteiger partial charge is 0.255 e. The zero-order valence-electron chi connectivity index (χ0n) is 5.34. The molecule has 2 rings (SSSR count). The number of pyridine rings is 1. The molecule has 0 saturated heterocycles. The molecule has 0 bridgehead atoms. The fourth-order valence-electron chi connectivity index (χ4n) is 0.878. The first kappa shape index (κ1) is 7.94. The molecule has 0 atom stereocenters. The van der Waals surface area contributed by atoms with Crippen molar-refractivity contribution in [2.45, 2.75) is 0 Å². The van der Waals surface area contributed by atoms with Gasteiger partial charge >= 0.3 is 0 Å². The van der Waals surface area contributed by atoms with Gasteiger partial charge in [0.1, 0.15) is 0 Å². The number of hydrogen-bond donors (Lipinski definition) is 0. The van der Waals surface area contributed by atoms with E-state index in [2.05, 4.69) is 49.6 Å². The lowest BCUT2D eigenvalue weighted by molar-refractivity contribution is 1.42. The third-order valence-electron chi connectivity index (χ3n) is 1.33. The molecule has 0 N–H and O–H groups in total. The van der Waals surface area contributed by atoms with Crippen LogP contribution in [-0.4, -0.2) is 4.98 Å². The van der Waals surface area contributed by atoms with Crippen LogP contribution < -0.4 is 0 Å². The molecule has 0 aliphatic rings. The zero-order valence-corrected chi connectivity index (χ0v) is 9.90. The van der Waals surface area contributed by atoms with E-state index in [9.17, 15) is 0 Å². The molecule has 2 heterocycles. The number of nitrogens with zero attached hydrogens (tertiary/aromatic N) is 1. The molecule has 56 valence electrons. The molecule has 0 saturated carbocycles. The van der Waals surface area contributed by atoms with Crippen molar-refractivity contribution in [3.8, 4) is 0 Å². The van der Waals surface area contributed by atoms with Crippen LogP contribution in [0.2, 0.25) is 0 Å². The van der Waals surface area contributed by atoms with E-state index < -0.39 is 0 Å². The summed E-state index contributed by atoms with van der Waals surface area (Å²) in [5.74, 6) is 0. The Bertz CT molecular complexity index is 398. The first-order valence-electron chi connectivity index (χ1n) is 2.97. The number of rotatable bonds is 0. The van der Waals surface area contributed by atoms with Crippen molar-refractivity contribution in [3.63, 3.8) is 0 Å². The van der Waals surface area contributed by atoms with Gasteiger partial charge in [0.2, 0.25) is 0 Å². The first-order valence-corrected chi connectivity index (χ1v) is 5.66. The Morgan fingerprint density at radius 2 is 2.36 bits per heavy atom. The van der Waals surface area contributed by atoms with Crippen molar-refractivity contribution < 1.29 is 0 Å². The molecule has 0 aliphatic heterocycles. The molecule has 11 heavy (non-hydrogen) atoms. The molecule has 2 aromatic rings. The summed E-state index contributed by atoms with van der Waals surface area (Å²) in [6.45, 7) is 0. The summed E-state index contributed by atoms with van der Waals surface area (Å²) in [7, 11) is 0. The van der Waals surface area contributed by atoms with E-state index in [1.165, 1.54) is 7.58 Å². The Kier molecular flexibility index (Phi) is 2.16. The molecule has 4 heteroatoms. The molecule has 0 aliphatic carbocycles. The third-order valence-corrected chi connectivity index (χ3v) is 4.18. The Labute approximate surface area is 90.1 Å². The fourth-order valence-corrected chi connectivity index (χ4v) is 3.14. The molecule has 0 radical (unpaired) electrons. The quantitative estimate of drug-likeness (QED) is 0.667. The Hall–Kier alpha value is 0.320. The zero-order chi connectivity index (χ0) is 7.84. The van der Waals surface area contributed by atoms with Gasteiger partial charge in [0.15, 0.2) is 0 Å². The van der Waals surface area contributed by atoms with Crippen LogP contribution in [0, 0.1) is 2.88 Å². The van der Waals surface area contributed by atoms with Gasteiger partial charge in [0.25, 0.3) is 0 Å². The maximum absolute atomic E-state index is 4.24. The molecular formula is C7H3BrINS. The van der Waals surface area contributed by atoms with Crippen molar-refractivity contribution in [1.29, 1.82) is 0 Å². The Balaban J connectivity index is 2.90. The third kappa shape index (κ3) is 1.43. The van der Waals surface area contributed by atoms with Crippen molar-refractivity contribution in [2.75, 3.05) is 0 Å². The van der Waals surface area contributed by atoms with Crippen LogP contribution in [0.15, 0.2) is 22.8 Å². The lowest BCUT2D eigenvalue weighted by Gasteiger charge is -1.88. The SMILES string of the molecule is Brc1ccnc2cc(I)sc12. The maximum atomic E-state index is 4.24. The van der Waals surface area contributed by atoms with E-state index >= 15 is 0 Å². The average molecular weight is 340 g/mol. The van der Waals surface area contributed by atoms with Gasteiger partial charge in [-0.05, 0) is 50.7 Å². The van der Waals surface area contributed by atoms with E-state index in [1.807, 2.05) is 12.3 Å². The van der Waals surface area contributed by atoms with Crippen molar-refractivity contribution in [1.82, 2.24) is 4.98 Å². The molecule has 1 nitrogen and oxygen atoms in total. The van der Waals surface area contributed by atoms with Gasteiger partial charge in [-0.25, -0.2) is 0 Å². The summed E-state index contributed by atoms with van der Waals surface area (Å²) in [4.78, 5) is 4.24. The van der Waals surface area contributed by atoms with Gasteiger partial charge < -0.3 is 0 Å². The smallest absolute Gasteiger partial charge is 0.0832 e. The minimum absolute atomic E-state index is 1.08. The summed E-state index contributed by atoms with van der Waals surface area (Å²) in [5.41, 5.74) is 1.08. The average Bonchev–Trinajstić information content (AvgIpc) is 2.31. The summed E-state index contributed by atoms with van der Waals surface area (Å²) < 4.78 is 3.64. The summed E-state index contributed by atoms with van der Waals surface area (Å²) in [5, 5.41) is 0. The first-order chi connectivity index (χ1) is 5.27. The van der Waals surface area contributed by atoms with Crippen LogP contribution in [0.25, 0.3) is 10.2 Å². The number of aromatic nitrogens is 1. The van der Waals surface area contributed by atoms with Gasteiger partial charge in [0.05, 0.1) is 13.1 Å². The van der Waals surface area contributed by atoms with Crippen LogP contribution in [-0.2, 0) is 0 Å². The van der Waals surface area contributed by atoms with Gasteiger partial charge in [-0.2, -0.15) is 0 Å².